The molecule has 1 aromatic carbocycles. The lowest BCUT2D eigenvalue weighted by atomic mass is 10.0. The van der Waals surface area contributed by atoms with E-state index in [-0.39, 0.29) is 115 Å². The van der Waals surface area contributed by atoms with E-state index >= 15 is 0 Å². The molecule has 0 spiro atoms. The number of benzene rings is 1. The van der Waals surface area contributed by atoms with Gasteiger partial charge in [-0.2, -0.15) is 0 Å². The van der Waals surface area contributed by atoms with Crippen molar-refractivity contribution < 1.29 is 72.6 Å². The molecule has 412 valence electrons. The fourth-order valence-electron chi connectivity index (χ4n) is 7.78. The largest absolute Gasteiger partial charge is 0.494 e. The van der Waals surface area contributed by atoms with Crippen molar-refractivity contribution in [1.29, 1.82) is 0 Å². The zero-order valence-electron chi connectivity index (χ0n) is 43.5. The minimum absolute atomic E-state index is 0.0557. The molecule has 0 aromatic heterocycles. The Kier molecular flexibility index (Phi) is 39.8. The van der Waals surface area contributed by atoms with Gasteiger partial charge in [0.1, 0.15) is 36.5 Å². The highest BCUT2D eigenvalue weighted by atomic mass is 16.5. The minimum Gasteiger partial charge on any atom is -0.494 e. The summed E-state index contributed by atoms with van der Waals surface area (Å²) in [7, 11) is 0. The topological polar surface area (TPSA) is 274 Å². The van der Waals surface area contributed by atoms with Crippen LogP contribution in [0.4, 0.5) is 0 Å². The molecule has 19 heteroatoms. The van der Waals surface area contributed by atoms with Crippen molar-refractivity contribution in [1.82, 2.24) is 21.3 Å². The highest BCUT2D eigenvalue weighted by Crippen LogP contribution is 2.21. The van der Waals surface area contributed by atoms with Crippen LogP contribution in [0.5, 0.6) is 5.75 Å². The van der Waals surface area contributed by atoms with Crippen molar-refractivity contribution in [2.75, 3.05) is 65.9 Å². The fraction of sp³-hybridized carbons (Fsp3) is 0.755. The number of amides is 3. The second-order valence-electron chi connectivity index (χ2n) is 18.4. The molecule has 0 aliphatic rings. The molecule has 3 amide bonds. The lowest BCUT2D eigenvalue weighted by Crippen LogP contribution is -2.53. The standard InChI is InChI=1S/C53H90N4O15/c1-3-4-5-6-7-8-9-10-11-14-17-20-31-53(2,57-46(52(66)67)23-22-34-58)72-41-40-69-37-33-55-49(61)42-70-39-38-68-36-32-54-47(59)30-29-45(51(64)65)56-48(60)24-19-16-13-12-15-18-21-35-71-44-27-25-43(26-28-44)50(62)63/h25-28,34,45-46,57H,3-24,29-33,35-42H2,1-2H3,(H,54,59)(H,55,61)(H,56,60)(H,62,63)(H,64,65)(H,66,67)/t45-,46+,53?/m1/s1. The second kappa shape index (κ2) is 43.9. The lowest BCUT2D eigenvalue weighted by molar-refractivity contribution is -0.145. The van der Waals surface area contributed by atoms with E-state index in [1.807, 2.05) is 6.92 Å². The van der Waals surface area contributed by atoms with E-state index in [1.54, 1.807) is 12.1 Å². The molecule has 0 radical (unpaired) electrons. The normalized spacial score (nSPS) is 12.9. The van der Waals surface area contributed by atoms with E-state index in [4.69, 9.17) is 28.8 Å². The molecular formula is C53H90N4O15. The summed E-state index contributed by atoms with van der Waals surface area (Å²) in [6, 6.07) is 4.20. The Labute approximate surface area is 428 Å². The number of carboxylic acids is 3. The van der Waals surface area contributed by atoms with Crippen LogP contribution < -0.4 is 26.0 Å². The third-order valence-corrected chi connectivity index (χ3v) is 12.0. The monoisotopic (exact) mass is 1020 g/mol. The van der Waals surface area contributed by atoms with Crippen LogP contribution in [0.1, 0.15) is 185 Å². The first kappa shape index (κ1) is 65.3. The predicted molar refractivity (Wildman–Crippen MR) is 273 cm³/mol. The summed E-state index contributed by atoms with van der Waals surface area (Å²) in [6.07, 6.45) is 22.5. The number of carbonyl (C=O) groups excluding carboxylic acids is 4. The van der Waals surface area contributed by atoms with Crippen LogP contribution in [0.25, 0.3) is 0 Å². The van der Waals surface area contributed by atoms with Gasteiger partial charge in [0.25, 0.3) is 0 Å². The molecule has 1 unspecified atom stereocenters. The number of rotatable bonds is 51. The Morgan fingerprint density at radius 3 is 1.67 bits per heavy atom. The molecular weight excluding hydrogens is 933 g/mol. The van der Waals surface area contributed by atoms with Crippen LogP contribution in [0.2, 0.25) is 0 Å². The molecule has 19 nitrogen and oxygen atoms in total. The van der Waals surface area contributed by atoms with Crippen molar-refractivity contribution in [3.63, 3.8) is 0 Å². The number of aromatic carboxylic acids is 1. The highest BCUT2D eigenvalue weighted by molar-refractivity contribution is 5.87. The summed E-state index contributed by atoms with van der Waals surface area (Å²) >= 11 is 0. The maximum absolute atomic E-state index is 12.4. The Hall–Kier alpha value is -4.69. The molecule has 72 heavy (non-hydrogen) atoms. The third kappa shape index (κ3) is 37.1. The number of hydrogen-bond donors (Lipinski definition) is 7. The van der Waals surface area contributed by atoms with E-state index in [0.29, 0.717) is 31.5 Å². The molecule has 0 saturated heterocycles. The smallest absolute Gasteiger partial charge is 0.335 e. The Morgan fingerprint density at radius 2 is 1.10 bits per heavy atom. The van der Waals surface area contributed by atoms with Crippen LogP contribution in [0.15, 0.2) is 24.3 Å². The van der Waals surface area contributed by atoms with Gasteiger partial charge in [0.15, 0.2) is 0 Å². The molecule has 0 aliphatic carbocycles. The summed E-state index contributed by atoms with van der Waals surface area (Å²) < 4.78 is 28.2. The second-order valence-corrected chi connectivity index (χ2v) is 18.4. The van der Waals surface area contributed by atoms with Gasteiger partial charge in [-0.25, -0.2) is 9.59 Å². The molecule has 1 rings (SSSR count). The molecule has 0 aliphatic heterocycles. The first-order valence-corrected chi connectivity index (χ1v) is 26.6. The van der Waals surface area contributed by atoms with Gasteiger partial charge >= 0.3 is 17.9 Å². The zero-order chi connectivity index (χ0) is 52.9. The van der Waals surface area contributed by atoms with Crippen LogP contribution in [-0.2, 0) is 47.7 Å². The van der Waals surface area contributed by atoms with Gasteiger partial charge < -0.3 is 59.7 Å². The molecule has 7 N–H and O–H groups in total. The van der Waals surface area contributed by atoms with Crippen LogP contribution in [-0.4, -0.2) is 141 Å². The molecule has 0 bridgehead atoms. The number of nitrogens with one attached hydrogen (secondary N) is 4. The highest BCUT2D eigenvalue weighted by Gasteiger charge is 2.31. The van der Waals surface area contributed by atoms with Crippen LogP contribution in [0.3, 0.4) is 0 Å². The molecule has 1 aromatic rings. The fourth-order valence-corrected chi connectivity index (χ4v) is 7.78. The third-order valence-electron chi connectivity index (χ3n) is 12.0. The number of carboxylic acid groups (broad SMARTS) is 3. The average molecular weight is 1020 g/mol. The first-order valence-electron chi connectivity index (χ1n) is 26.6. The Bertz CT molecular complexity index is 1620. The maximum atomic E-state index is 12.4. The summed E-state index contributed by atoms with van der Waals surface area (Å²) in [5.74, 6) is -3.66. The Morgan fingerprint density at radius 1 is 0.569 bits per heavy atom. The Balaban J connectivity index is 2.11. The number of aldehydes is 1. The van der Waals surface area contributed by atoms with Gasteiger partial charge in [-0.1, -0.05) is 110 Å². The summed E-state index contributed by atoms with van der Waals surface area (Å²) in [6.45, 7) is 6.04. The van der Waals surface area contributed by atoms with E-state index in [9.17, 15) is 43.8 Å². The first-order chi connectivity index (χ1) is 34.8. The van der Waals surface area contributed by atoms with Gasteiger partial charge in [-0.05, 0) is 69.7 Å². The van der Waals surface area contributed by atoms with Crippen molar-refractivity contribution in [2.45, 2.75) is 192 Å². The maximum Gasteiger partial charge on any atom is 0.335 e. The van der Waals surface area contributed by atoms with E-state index in [1.165, 1.54) is 69.9 Å². The van der Waals surface area contributed by atoms with E-state index in [0.717, 1.165) is 57.8 Å². The molecule has 0 heterocycles. The van der Waals surface area contributed by atoms with Gasteiger partial charge in [-0.15, -0.1) is 0 Å². The van der Waals surface area contributed by atoms with Gasteiger partial charge in [-0.3, -0.25) is 24.5 Å². The lowest BCUT2D eigenvalue weighted by Gasteiger charge is -2.34. The summed E-state index contributed by atoms with van der Waals surface area (Å²) in [5.41, 5.74) is -0.704. The SMILES string of the molecule is CCCCCCCCCCCCCCC(C)(N[C@@H](CCC=O)C(=O)O)OCCOCCNC(=O)COCCOCCNC(=O)CC[C@@H](NC(=O)CCCCCCCCCOc1ccc(C(=O)O)cc1)C(=O)O. The van der Waals surface area contributed by atoms with Gasteiger partial charge in [0, 0.05) is 32.4 Å². The molecule has 0 saturated carbocycles. The summed E-state index contributed by atoms with van der Waals surface area (Å²) in [4.78, 5) is 82.4. The van der Waals surface area contributed by atoms with Crippen molar-refractivity contribution >= 4 is 41.9 Å². The minimum atomic E-state index is -1.21. The van der Waals surface area contributed by atoms with Crippen molar-refractivity contribution in [3.8, 4) is 5.75 Å². The van der Waals surface area contributed by atoms with Crippen LogP contribution >= 0.6 is 0 Å². The average Bonchev–Trinajstić information content (AvgIpc) is 3.35. The number of ether oxygens (including phenoxy) is 5. The van der Waals surface area contributed by atoms with Gasteiger partial charge in [0.05, 0.1) is 51.8 Å². The van der Waals surface area contributed by atoms with Crippen molar-refractivity contribution in [2.24, 2.45) is 0 Å². The quantitative estimate of drug-likeness (QED) is 0.0191. The van der Waals surface area contributed by atoms with Crippen molar-refractivity contribution in [3.05, 3.63) is 29.8 Å². The predicted octanol–water partition coefficient (Wildman–Crippen LogP) is 7.36. The molecule has 0 fully saturated rings. The van der Waals surface area contributed by atoms with Crippen LogP contribution in [0, 0.1) is 0 Å². The number of hydrogen-bond acceptors (Lipinski definition) is 13. The number of carbonyl (C=O) groups is 7. The summed E-state index contributed by atoms with van der Waals surface area (Å²) in [5, 5.41) is 39.3. The zero-order valence-corrected chi connectivity index (χ0v) is 43.5. The number of unbranched alkanes of at least 4 members (excludes halogenated alkanes) is 17. The van der Waals surface area contributed by atoms with E-state index in [2.05, 4.69) is 28.2 Å². The van der Waals surface area contributed by atoms with E-state index < -0.39 is 35.7 Å². The van der Waals surface area contributed by atoms with Gasteiger partial charge in [0.2, 0.25) is 17.7 Å². The number of aliphatic carboxylic acids is 2. The molecule has 3 atom stereocenters.